The molecule has 3 nitrogen and oxygen atoms in total. The summed E-state index contributed by atoms with van der Waals surface area (Å²) in [4.78, 5) is 4.26. The maximum absolute atomic E-state index is 12.1. The maximum atomic E-state index is 12.1. The van der Waals surface area contributed by atoms with Crippen molar-refractivity contribution in [2.75, 3.05) is 39.4 Å². The molecule has 4 heteroatoms. The Labute approximate surface area is 85.1 Å². The summed E-state index contributed by atoms with van der Waals surface area (Å²) in [7, 11) is 0. The lowest BCUT2D eigenvalue weighted by atomic mass is 10.0. The minimum Gasteiger partial charge on any atom is -0.298 e. The molecule has 80 valence electrons. The quantitative estimate of drug-likeness (QED) is 0.676. The molecule has 0 amide bonds. The van der Waals surface area contributed by atoms with Gasteiger partial charge in [-0.3, -0.25) is 9.80 Å². The van der Waals surface area contributed by atoms with Crippen LogP contribution >= 0.6 is 0 Å². The Morgan fingerprint density at radius 3 is 2.29 bits per heavy atom. The average Bonchev–Trinajstić information content (AvgIpc) is 2.19. The molecular formula is C10H18FN3. The van der Waals surface area contributed by atoms with Crippen LogP contribution in [0.25, 0.3) is 0 Å². The first-order chi connectivity index (χ1) is 6.60. The number of halogens is 1. The van der Waals surface area contributed by atoms with Crippen LogP contribution in [0.15, 0.2) is 0 Å². The minimum absolute atomic E-state index is 0.276. The van der Waals surface area contributed by atoms with Gasteiger partial charge in [-0.15, -0.1) is 0 Å². The number of alkyl halides is 1. The van der Waals surface area contributed by atoms with Gasteiger partial charge in [-0.2, -0.15) is 5.26 Å². The van der Waals surface area contributed by atoms with Gasteiger partial charge < -0.3 is 0 Å². The third-order valence-corrected chi connectivity index (χ3v) is 2.84. The van der Waals surface area contributed by atoms with Gasteiger partial charge in [0.1, 0.15) is 12.2 Å². The lowest BCUT2D eigenvalue weighted by Crippen LogP contribution is -2.54. The summed E-state index contributed by atoms with van der Waals surface area (Å²) in [5, 5.41) is 8.95. The van der Waals surface area contributed by atoms with Crippen molar-refractivity contribution in [2.45, 2.75) is 19.4 Å². The van der Waals surface area contributed by atoms with Crippen LogP contribution < -0.4 is 0 Å². The monoisotopic (exact) mass is 199 g/mol. The van der Waals surface area contributed by atoms with E-state index in [0.717, 1.165) is 26.2 Å². The molecule has 0 radical (unpaired) electrons. The molecule has 0 bridgehead atoms. The summed E-state index contributed by atoms with van der Waals surface area (Å²) in [6.07, 6.45) is 0. The SMILES string of the molecule is CC(C)(C#N)N1CCN(CCF)CC1. The number of nitrogens with zero attached hydrogens (tertiary/aromatic N) is 3. The predicted molar refractivity (Wildman–Crippen MR) is 53.7 cm³/mol. The lowest BCUT2D eigenvalue weighted by Gasteiger charge is -2.40. The van der Waals surface area contributed by atoms with E-state index < -0.39 is 0 Å². The van der Waals surface area contributed by atoms with Crippen molar-refractivity contribution in [1.82, 2.24) is 9.80 Å². The Hall–Kier alpha value is -0.660. The number of nitriles is 1. The predicted octanol–water partition coefficient (Wildman–Crippen LogP) is 0.876. The molecule has 1 rings (SSSR count). The normalized spacial score (nSPS) is 20.7. The zero-order valence-corrected chi connectivity index (χ0v) is 8.96. The van der Waals surface area contributed by atoms with Crippen molar-refractivity contribution in [3.05, 3.63) is 0 Å². The summed E-state index contributed by atoms with van der Waals surface area (Å²) in [6, 6.07) is 2.29. The second-order valence-electron chi connectivity index (χ2n) is 4.19. The highest BCUT2D eigenvalue weighted by Gasteiger charge is 2.29. The molecule has 0 atom stereocenters. The topological polar surface area (TPSA) is 30.3 Å². The van der Waals surface area contributed by atoms with Gasteiger partial charge in [0.25, 0.3) is 0 Å². The number of rotatable bonds is 3. The first-order valence-corrected chi connectivity index (χ1v) is 5.05. The molecule has 1 saturated heterocycles. The minimum atomic E-state index is -0.387. The Balaban J connectivity index is 2.40. The first kappa shape index (κ1) is 11.4. The third-order valence-electron chi connectivity index (χ3n) is 2.84. The maximum Gasteiger partial charge on any atom is 0.103 e. The summed E-state index contributed by atoms with van der Waals surface area (Å²) >= 11 is 0. The number of piperazine rings is 1. The second kappa shape index (κ2) is 4.72. The molecule has 1 fully saturated rings. The highest BCUT2D eigenvalue weighted by atomic mass is 19.1. The van der Waals surface area contributed by atoms with Crippen LogP contribution in [0.4, 0.5) is 4.39 Å². The fourth-order valence-corrected chi connectivity index (χ4v) is 1.72. The van der Waals surface area contributed by atoms with E-state index in [1.165, 1.54) is 0 Å². The second-order valence-corrected chi connectivity index (χ2v) is 4.19. The average molecular weight is 199 g/mol. The standard InChI is InChI=1S/C10H18FN3/c1-10(2,9-12)14-7-5-13(4-3-11)6-8-14/h3-8H2,1-2H3. The Bertz CT molecular complexity index is 214. The summed E-state index contributed by atoms with van der Waals surface area (Å²) in [6.45, 7) is 7.57. The van der Waals surface area contributed by atoms with Crippen molar-refractivity contribution in [3.63, 3.8) is 0 Å². The van der Waals surface area contributed by atoms with Crippen LogP contribution in [0.2, 0.25) is 0 Å². The van der Waals surface area contributed by atoms with Crippen LogP contribution in [0.1, 0.15) is 13.8 Å². The zero-order chi connectivity index (χ0) is 10.6. The van der Waals surface area contributed by atoms with Gasteiger partial charge in [-0.05, 0) is 13.8 Å². The van der Waals surface area contributed by atoms with E-state index in [2.05, 4.69) is 15.9 Å². The first-order valence-electron chi connectivity index (χ1n) is 5.05. The Kier molecular flexibility index (Phi) is 3.85. The van der Waals surface area contributed by atoms with Crippen LogP contribution in [0.3, 0.4) is 0 Å². The molecule has 14 heavy (non-hydrogen) atoms. The van der Waals surface area contributed by atoms with Gasteiger partial charge >= 0.3 is 0 Å². The largest absolute Gasteiger partial charge is 0.298 e. The van der Waals surface area contributed by atoms with E-state index in [-0.39, 0.29) is 12.2 Å². The van der Waals surface area contributed by atoms with E-state index in [0.29, 0.717) is 6.54 Å². The summed E-state index contributed by atoms with van der Waals surface area (Å²) in [5.41, 5.74) is -0.387. The third kappa shape index (κ3) is 2.66. The zero-order valence-electron chi connectivity index (χ0n) is 8.96. The molecular weight excluding hydrogens is 181 g/mol. The lowest BCUT2D eigenvalue weighted by molar-refractivity contribution is 0.0769. The van der Waals surface area contributed by atoms with Gasteiger partial charge in [-0.25, -0.2) is 4.39 Å². The highest BCUT2D eigenvalue weighted by Crippen LogP contribution is 2.15. The van der Waals surface area contributed by atoms with Crippen LogP contribution in [-0.2, 0) is 0 Å². The van der Waals surface area contributed by atoms with Crippen LogP contribution in [0.5, 0.6) is 0 Å². The molecule has 1 heterocycles. The molecule has 0 saturated carbocycles. The van der Waals surface area contributed by atoms with Gasteiger partial charge in [0.15, 0.2) is 0 Å². The molecule has 0 aromatic heterocycles. The fourth-order valence-electron chi connectivity index (χ4n) is 1.72. The number of hydrogen-bond donors (Lipinski definition) is 0. The molecule has 0 spiro atoms. The molecule has 1 aliphatic heterocycles. The van der Waals surface area contributed by atoms with E-state index in [9.17, 15) is 4.39 Å². The summed E-state index contributed by atoms with van der Waals surface area (Å²) in [5.74, 6) is 0. The van der Waals surface area contributed by atoms with Crippen molar-refractivity contribution in [3.8, 4) is 6.07 Å². The van der Waals surface area contributed by atoms with Crippen molar-refractivity contribution in [2.24, 2.45) is 0 Å². The van der Waals surface area contributed by atoms with Gasteiger partial charge in [0.2, 0.25) is 0 Å². The molecule has 0 aromatic rings. The molecule has 0 unspecified atom stereocenters. The molecule has 1 aliphatic rings. The van der Waals surface area contributed by atoms with Gasteiger partial charge in [0, 0.05) is 32.7 Å². The fraction of sp³-hybridized carbons (Fsp3) is 0.900. The van der Waals surface area contributed by atoms with Crippen molar-refractivity contribution in [1.29, 1.82) is 5.26 Å². The molecule has 0 aromatic carbocycles. The molecule has 0 aliphatic carbocycles. The van der Waals surface area contributed by atoms with Gasteiger partial charge in [-0.1, -0.05) is 0 Å². The van der Waals surface area contributed by atoms with Crippen molar-refractivity contribution >= 4 is 0 Å². The van der Waals surface area contributed by atoms with Crippen LogP contribution in [-0.4, -0.2) is 54.7 Å². The van der Waals surface area contributed by atoms with E-state index >= 15 is 0 Å². The smallest absolute Gasteiger partial charge is 0.103 e. The van der Waals surface area contributed by atoms with Crippen LogP contribution in [0, 0.1) is 11.3 Å². The van der Waals surface area contributed by atoms with E-state index in [4.69, 9.17) is 5.26 Å². The molecule has 0 N–H and O–H groups in total. The highest BCUT2D eigenvalue weighted by molar-refractivity contribution is 5.02. The summed E-state index contributed by atoms with van der Waals surface area (Å²) < 4.78 is 12.1. The van der Waals surface area contributed by atoms with Crippen molar-refractivity contribution < 1.29 is 4.39 Å². The Morgan fingerprint density at radius 1 is 1.29 bits per heavy atom. The number of hydrogen-bond acceptors (Lipinski definition) is 3. The Morgan fingerprint density at radius 2 is 1.86 bits per heavy atom. The van der Waals surface area contributed by atoms with Gasteiger partial charge in [0.05, 0.1) is 6.07 Å². The van der Waals surface area contributed by atoms with E-state index in [1.807, 2.05) is 13.8 Å². The van der Waals surface area contributed by atoms with E-state index in [1.54, 1.807) is 0 Å².